The summed E-state index contributed by atoms with van der Waals surface area (Å²) in [6.07, 6.45) is -0.600. The fourth-order valence-electron chi connectivity index (χ4n) is 3.04. The zero-order valence-electron chi connectivity index (χ0n) is 15.7. The van der Waals surface area contributed by atoms with Gasteiger partial charge in [0.25, 0.3) is 5.91 Å². The molecule has 1 N–H and O–H groups in total. The minimum Gasteiger partial charge on any atom is -0.365 e. The summed E-state index contributed by atoms with van der Waals surface area (Å²) in [5.41, 5.74) is 2.97. The van der Waals surface area contributed by atoms with Crippen molar-refractivity contribution in [3.05, 3.63) is 29.6 Å². The van der Waals surface area contributed by atoms with E-state index >= 15 is 0 Å². The summed E-state index contributed by atoms with van der Waals surface area (Å²) >= 11 is 0. The van der Waals surface area contributed by atoms with Gasteiger partial charge in [-0.2, -0.15) is 0 Å². The van der Waals surface area contributed by atoms with E-state index in [1.807, 2.05) is 36.7 Å². The van der Waals surface area contributed by atoms with Crippen LogP contribution in [-0.4, -0.2) is 71.2 Å². The van der Waals surface area contributed by atoms with Crippen LogP contribution in [0.2, 0.25) is 0 Å². The number of nitrogens with one attached hydrogen (secondary N) is 1. The predicted octanol–water partition coefficient (Wildman–Crippen LogP) is 0.880. The van der Waals surface area contributed by atoms with E-state index in [2.05, 4.69) is 10.3 Å². The number of ether oxygens (including phenoxy) is 1. The molecule has 140 valence electrons. The van der Waals surface area contributed by atoms with Gasteiger partial charge in [-0.25, -0.2) is 9.78 Å². The van der Waals surface area contributed by atoms with Gasteiger partial charge in [0, 0.05) is 34.2 Å². The van der Waals surface area contributed by atoms with Gasteiger partial charge in [0.2, 0.25) is 0 Å². The van der Waals surface area contributed by atoms with Gasteiger partial charge in [-0.15, -0.1) is 0 Å². The maximum Gasteiger partial charge on any atom is 0.317 e. The van der Waals surface area contributed by atoms with Crippen LogP contribution < -0.4 is 5.32 Å². The topological polar surface area (TPSA) is 79.7 Å². The molecule has 8 heteroatoms. The Morgan fingerprint density at radius 3 is 2.88 bits per heavy atom. The van der Waals surface area contributed by atoms with Gasteiger partial charge in [0.1, 0.15) is 5.82 Å². The highest BCUT2D eigenvalue weighted by molar-refractivity contribution is 5.82. The molecule has 1 aromatic carbocycles. The smallest absolute Gasteiger partial charge is 0.317 e. The van der Waals surface area contributed by atoms with E-state index in [-0.39, 0.29) is 18.5 Å². The van der Waals surface area contributed by atoms with Crippen molar-refractivity contribution >= 4 is 23.0 Å². The number of amides is 3. The Morgan fingerprint density at radius 1 is 1.38 bits per heavy atom. The van der Waals surface area contributed by atoms with E-state index in [1.54, 1.807) is 19.0 Å². The van der Waals surface area contributed by atoms with Crippen molar-refractivity contribution in [1.29, 1.82) is 0 Å². The number of aryl methyl sites for hydroxylation is 2. The van der Waals surface area contributed by atoms with Crippen LogP contribution in [0.5, 0.6) is 0 Å². The lowest BCUT2D eigenvalue weighted by Gasteiger charge is -2.33. The maximum absolute atomic E-state index is 12.4. The summed E-state index contributed by atoms with van der Waals surface area (Å²) in [5.74, 6) is 0.824. The van der Waals surface area contributed by atoms with E-state index in [4.69, 9.17) is 4.74 Å². The Kier molecular flexibility index (Phi) is 5.13. The Hall–Kier alpha value is -2.61. The van der Waals surface area contributed by atoms with Crippen LogP contribution in [0.3, 0.4) is 0 Å². The van der Waals surface area contributed by atoms with Crippen LogP contribution in [0.1, 0.15) is 11.4 Å². The third-order valence-electron chi connectivity index (χ3n) is 4.68. The zero-order chi connectivity index (χ0) is 18.8. The van der Waals surface area contributed by atoms with Gasteiger partial charge < -0.3 is 24.4 Å². The Balaban J connectivity index is 1.60. The van der Waals surface area contributed by atoms with E-state index < -0.39 is 6.10 Å². The number of morpholine rings is 1. The number of carbonyl (C=O) groups excluding carboxylic acids is 2. The number of fused-ring (bicyclic) bond motifs is 1. The highest BCUT2D eigenvalue weighted by Crippen LogP contribution is 2.16. The van der Waals surface area contributed by atoms with E-state index in [0.29, 0.717) is 19.7 Å². The average Bonchev–Trinajstić information content (AvgIpc) is 2.92. The summed E-state index contributed by atoms with van der Waals surface area (Å²) in [6, 6.07) is 5.79. The molecule has 1 aromatic heterocycles. The second-order valence-corrected chi connectivity index (χ2v) is 6.74. The van der Waals surface area contributed by atoms with Crippen molar-refractivity contribution in [2.24, 2.45) is 7.05 Å². The lowest BCUT2D eigenvalue weighted by Crippen LogP contribution is -2.53. The minimum absolute atomic E-state index is 0.126. The number of hydrogen-bond donors (Lipinski definition) is 1. The molecule has 3 amide bonds. The van der Waals surface area contributed by atoms with Crippen molar-refractivity contribution < 1.29 is 14.3 Å². The predicted molar refractivity (Wildman–Crippen MR) is 97.7 cm³/mol. The van der Waals surface area contributed by atoms with Crippen LogP contribution in [0, 0.1) is 6.92 Å². The molecule has 1 atom stereocenters. The molecular weight excluding hydrogens is 334 g/mol. The Labute approximate surface area is 152 Å². The van der Waals surface area contributed by atoms with Crippen molar-refractivity contribution in [3.63, 3.8) is 0 Å². The van der Waals surface area contributed by atoms with Crippen LogP contribution in [0.4, 0.5) is 4.79 Å². The quantitative estimate of drug-likeness (QED) is 0.882. The second-order valence-electron chi connectivity index (χ2n) is 6.74. The Morgan fingerprint density at radius 2 is 2.15 bits per heavy atom. The summed E-state index contributed by atoms with van der Waals surface area (Å²) < 4.78 is 7.52. The highest BCUT2D eigenvalue weighted by Gasteiger charge is 2.30. The summed E-state index contributed by atoms with van der Waals surface area (Å²) in [7, 11) is 5.34. The first kappa shape index (κ1) is 18.2. The lowest BCUT2D eigenvalue weighted by molar-refractivity contribution is -0.145. The minimum atomic E-state index is -0.600. The zero-order valence-corrected chi connectivity index (χ0v) is 15.7. The third-order valence-corrected chi connectivity index (χ3v) is 4.68. The van der Waals surface area contributed by atoms with Gasteiger partial charge >= 0.3 is 6.03 Å². The molecule has 2 aromatic rings. The number of rotatable bonds is 3. The van der Waals surface area contributed by atoms with Crippen molar-refractivity contribution in [1.82, 2.24) is 24.7 Å². The molecule has 0 bridgehead atoms. The van der Waals surface area contributed by atoms with Gasteiger partial charge in [-0.05, 0) is 24.6 Å². The molecule has 8 nitrogen and oxygen atoms in total. The normalized spacial score (nSPS) is 17.4. The molecule has 0 unspecified atom stereocenters. The van der Waals surface area contributed by atoms with Crippen LogP contribution in [0.15, 0.2) is 18.2 Å². The number of benzene rings is 1. The molecular formula is C18H25N5O3. The van der Waals surface area contributed by atoms with Crippen LogP contribution in [-0.2, 0) is 23.1 Å². The molecule has 1 aliphatic rings. The summed E-state index contributed by atoms with van der Waals surface area (Å²) in [4.78, 5) is 32.1. The molecule has 1 saturated heterocycles. The van der Waals surface area contributed by atoms with Crippen LogP contribution >= 0.6 is 0 Å². The number of carbonyl (C=O) groups is 2. The van der Waals surface area contributed by atoms with E-state index in [0.717, 1.165) is 22.4 Å². The maximum atomic E-state index is 12.4. The molecule has 0 saturated carbocycles. The number of aromatic nitrogens is 2. The largest absolute Gasteiger partial charge is 0.365 e. The summed E-state index contributed by atoms with van der Waals surface area (Å²) in [6.45, 7) is 3.47. The lowest BCUT2D eigenvalue weighted by atomic mass is 10.2. The Bertz CT molecular complexity index is 830. The first-order chi connectivity index (χ1) is 12.4. The molecule has 0 radical (unpaired) electrons. The van der Waals surface area contributed by atoms with Gasteiger partial charge in [0.15, 0.2) is 6.10 Å². The van der Waals surface area contributed by atoms with E-state index in [1.165, 1.54) is 4.90 Å². The second kappa shape index (κ2) is 7.33. The molecule has 2 heterocycles. The van der Waals surface area contributed by atoms with Crippen molar-refractivity contribution in [2.75, 3.05) is 33.8 Å². The number of likely N-dealkylation sites (N-methyl/N-ethyl adjacent to an activating group) is 1. The third kappa shape index (κ3) is 3.65. The number of nitrogens with zero attached hydrogens (tertiary/aromatic N) is 4. The first-order valence-corrected chi connectivity index (χ1v) is 8.64. The standard InChI is InChI=1S/C18H25N5O3/c1-12-20-14-9-13(5-6-15(14)22(12)4)10-19-18(25)23-7-8-26-16(11-23)17(24)21(2)3/h5-6,9,16H,7-8,10-11H2,1-4H3,(H,19,25)/t16-/m0/s1. The summed E-state index contributed by atoms with van der Waals surface area (Å²) in [5, 5.41) is 2.92. The van der Waals surface area contributed by atoms with Crippen molar-refractivity contribution in [3.8, 4) is 0 Å². The highest BCUT2D eigenvalue weighted by atomic mass is 16.5. The molecule has 3 rings (SSSR count). The number of imidazole rings is 1. The molecule has 26 heavy (non-hydrogen) atoms. The van der Waals surface area contributed by atoms with Gasteiger partial charge in [0.05, 0.1) is 24.2 Å². The number of urea groups is 1. The van der Waals surface area contributed by atoms with Gasteiger partial charge in [-0.3, -0.25) is 4.79 Å². The van der Waals surface area contributed by atoms with Crippen molar-refractivity contribution in [2.45, 2.75) is 19.6 Å². The monoisotopic (exact) mass is 359 g/mol. The first-order valence-electron chi connectivity index (χ1n) is 8.64. The SMILES string of the molecule is Cc1nc2cc(CNC(=O)N3CCO[C@H](C(=O)N(C)C)C3)ccc2n1C. The fourth-order valence-corrected chi connectivity index (χ4v) is 3.04. The molecule has 1 aliphatic heterocycles. The van der Waals surface area contributed by atoms with E-state index in [9.17, 15) is 9.59 Å². The van der Waals surface area contributed by atoms with Crippen LogP contribution in [0.25, 0.3) is 11.0 Å². The molecule has 0 aliphatic carbocycles. The average molecular weight is 359 g/mol. The molecule has 1 fully saturated rings. The fraction of sp³-hybridized carbons (Fsp3) is 0.500. The van der Waals surface area contributed by atoms with Gasteiger partial charge in [-0.1, -0.05) is 6.07 Å². The number of hydrogen-bond acceptors (Lipinski definition) is 4. The molecule has 0 spiro atoms.